The average molecular weight is 231 g/mol. The number of nitrogens with two attached hydrogens (primary N) is 1. The van der Waals surface area contributed by atoms with Crippen LogP contribution in [0.25, 0.3) is 0 Å². The third-order valence-corrected chi connectivity index (χ3v) is 4.19. The van der Waals surface area contributed by atoms with Gasteiger partial charge in [-0.2, -0.15) is 0 Å². The molecule has 0 aliphatic heterocycles. The van der Waals surface area contributed by atoms with Gasteiger partial charge in [-0.3, -0.25) is 0 Å². The summed E-state index contributed by atoms with van der Waals surface area (Å²) in [6, 6.07) is 10.9. The predicted octanol–water partition coefficient (Wildman–Crippen LogP) is 3.77. The summed E-state index contributed by atoms with van der Waals surface area (Å²) in [4.78, 5) is 0. The van der Waals surface area contributed by atoms with Crippen molar-refractivity contribution in [2.75, 3.05) is 6.54 Å². The highest BCUT2D eigenvalue weighted by molar-refractivity contribution is 5.15. The van der Waals surface area contributed by atoms with E-state index in [1.165, 1.54) is 50.5 Å². The molecule has 1 unspecified atom stereocenters. The molecule has 1 nitrogen and oxygen atoms in total. The maximum absolute atomic E-state index is 5.79. The molecule has 1 aliphatic carbocycles. The summed E-state index contributed by atoms with van der Waals surface area (Å²) in [7, 11) is 0. The summed E-state index contributed by atoms with van der Waals surface area (Å²) in [6.45, 7) is 0.841. The van der Waals surface area contributed by atoms with E-state index in [4.69, 9.17) is 5.73 Å². The Morgan fingerprint density at radius 2 is 1.76 bits per heavy atom. The van der Waals surface area contributed by atoms with E-state index in [-0.39, 0.29) is 0 Å². The van der Waals surface area contributed by atoms with Crippen molar-refractivity contribution in [3.05, 3.63) is 35.9 Å². The molecule has 1 atom stereocenters. The van der Waals surface area contributed by atoms with Crippen LogP contribution < -0.4 is 5.73 Å². The minimum atomic E-state index is 0.808. The van der Waals surface area contributed by atoms with Crippen molar-refractivity contribution in [1.29, 1.82) is 0 Å². The van der Waals surface area contributed by atoms with Crippen molar-refractivity contribution in [2.45, 2.75) is 44.9 Å². The van der Waals surface area contributed by atoms with Gasteiger partial charge in [0.25, 0.3) is 0 Å². The summed E-state index contributed by atoms with van der Waals surface area (Å²) in [5.74, 6) is 1.73. The number of rotatable bonds is 5. The standard InChI is InChI=1S/C16H25N/c17-12-11-16(15-9-5-2-6-10-15)13-14-7-3-1-4-8-14/h1,3-4,7-8,15-16H,2,5-6,9-13,17H2. The SMILES string of the molecule is NCCC(Cc1ccccc1)C1CCCCC1. The molecule has 0 aromatic heterocycles. The molecule has 2 rings (SSSR count). The van der Waals surface area contributed by atoms with E-state index in [2.05, 4.69) is 30.3 Å². The molecule has 2 N–H and O–H groups in total. The molecule has 1 heteroatoms. The van der Waals surface area contributed by atoms with Crippen LogP contribution >= 0.6 is 0 Å². The van der Waals surface area contributed by atoms with Gasteiger partial charge in [-0.1, -0.05) is 62.4 Å². The summed E-state index contributed by atoms with van der Waals surface area (Å²) < 4.78 is 0. The van der Waals surface area contributed by atoms with Gasteiger partial charge in [-0.15, -0.1) is 0 Å². The highest BCUT2D eigenvalue weighted by Gasteiger charge is 2.23. The monoisotopic (exact) mass is 231 g/mol. The maximum Gasteiger partial charge on any atom is -0.00744 e. The van der Waals surface area contributed by atoms with Crippen LogP contribution in [0.4, 0.5) is 0 Å². The zero-order chi connectivity index (χ0) is 11.9. The van der Waals surface area contributed by atoms with Gasteiger partial charge in [0.2, 0.25) is 0 Å². The summed E-state index contributed by atoms with van der Waals surface area (Å²) in [5, 5.41) is 0. The van der Waals surface area contributed by atoms with Crippen LogP contribution in [0.2, 0.25) is 0 Å². The highest BCUT2D eigenvalue weighted by Crippen LogP contribution is 2.33. The minimum Gasteiger partial charge on any atom is -0.330 e. The quantitative estimate of drug-likeness (QED) is 0.820. The van der Waals surface area contributed by atoms with Gasteiger partial charge >= 0.3 is 0 Å². The molecular weight excluding hydrogens is 206 g/mol. The number of hydrogen-bond donors (Lipinski definition) is 1. The van der Waals surface area contributed by atoms with E-state index in [0.29, 0.717) is 0 Å². The first-order valence-electron chi connectivity index (χ1n) is 7.14. The fourth-order valence-electron chi connectivity index (χ4n) is 3.24. The van der Waals surface area contributed by atoms with Crippen LogP contribution in [-0.2, 0) is 6.42 Å². The van der Waals surface area contributed by atoms with E-state index in [1.54, 1.807) is 0 Å². The normalized spacial score (nSPS) is 19.1. The Bertz CT molecular complexity index is 301. The highest BCUT2D eigenvalue weighted by atomic mass is 14.5. The Morgan fingerprint density at radius 1 is 1.06 bits per heavy atom. The molecule has 0 heterocycles. The molecule has 0 bridgehead atoms. The first kappa shape index (κ1) is 12.6. The smallest absolute Gasteiger partial charge is 0.00744 e. The predicted molar refractivity (Wildman–Crippen MR) is 73.9 cm³/mol. The molecule has 17 heavy (non-hydrogen) atoms. The molecule has 94 valence electrons. The van der Waals surface area contributed by atoms with E-state index in [0.717, 1.165) is 18.4 Å². The third-order valence-electron chi connectivity index (χ3n) is 4.19. The van der Waals surface area contributed by atoms with Gasteiger partial charge in [-0.25, -0.2) is 0 Å². The summed E-state index contributed by atoms with van der Waals surface area (Å²) >= 11 is 0. The first-order valence-corrected chi connectivity index (χ1v) is 7.14. The second-order valence-corrected chi connectivity index (χ2v) is 5.43. The van der Waals surface area contributed by atoms with Crippen molar-refractivity contribution >= 4 is 0 Å². The van der Waals surface area contributed by atoms with Crippen LogP contribution in [0.3, 0.4) is 0 Å². The van der Waals surface area contributed by atoms with Crippen molar-refractivity contribution < 1.29 is 0 Å². The lowest BCUT2D eigenvalue weighted by Crippen LogP contribution is -2.22. The second kappa shape index (κ2) is 6.80. The lowest BCUT2D eigenvalue weighted by molar-refractivity contribution is 0.237. The van der Waals surface area contributed by atoms with Crippen LogP contribution in [0.15, 0.2) is 30.3 Å². The maximum atomic E-state index is 5.79. The van der Waals surface area contributed by atoms with Gasteiger partial charge in [0.1, 0.15) is 0 Å². The van der Waals surface area contributed by atoms with Gasteiger partial charge in [-0.05, 0) is 36.8 Å². The molecule has 0 saturated heterocycles. The zero-order valence-corrected chi connectivity index (χ0v) is 10.8. The molecule has 1 aromatic carbocycles. The van der Waals surface area contributed by atoms with E-state index in [1.807, 2.05) is 0 Å². The van der Waals surface area contributed by atoms with Crippen molar-refractivity contribution in [1.82, 2.24) is 0 Å². The van der Waals surface area contributed by atoms with Crippen molar-refractivity contribution in [2.24, 2.45) is 17.6 Å². The van der Waals surface area contributed by atoms with Gasteiger partial charge in [0.05, 0.1) is 0 Å². The molecule has 0 radical (unpaired) electrons. The van der Waals surface area contributed by atoms with Gasteiger partial charge in [0.15, 0.2) is 0 Å². The molecule has 1 aromatic rings. The molecule has 1 aliphatic rings. The zero-order valence-electron chi connectivity index (χ0n) is 10.8. The van der Waals surface area contributed by atoms with Gasteiger partial charge in [0, 0.05) is 0 Å². The van der Waals surface area contributed by atoms with Crippen molar-refractivity contribution in [3.63, 3.8) is 0 Å². The number of hydrogen-bond acceptors (Lipinski definition) is 1. The fraction of sp³-hybridized carbons (Fsp3) is 0.625. The van der Waals surface area contributed by atoms with Crippen molar-refractivity contribution in [3.8, 4) is 0 Å². The minimum absolute atomic E-state index is 0.808. The first-order chi connectivity index (χ1) is 8.40. The molecule has 1 saturated carbocycles. The van der Waals surface area contributed by atoms with E-state index < -0.39 is 0 Å². The Balaban J connectivity index is 1.96. The lowest BCUT2D eigenvalue weighted by atomic mass is 9.76. The Kier molecular flexibility index (Phi) is 5.06. The number of benzene rings is 1. The lowest BCUT2D eigenvalue weighted by Gasteiger charge is -2.30. The van der Waals surface area contributed by atoms with Crippen LogP contribution in [0, 0.1) is 11.8 Å². The fourth-order valence-corrected chi connectivity index (χ4v) is 3.24. The third kappa shape index (κ3) is 3.85. The average Bonchev–Trinajstić information content (AvgIpc) is 2.40. The van der Waals surface area contributed by atoms with E-state index in [9.17, 15) is 0 Å². The molecule has 1 fully saturated rings. The van der Waals surface area contributed by atoms with E-state index >= 15 is 0 Å². The summed E-state index contributed by atoms with van der Waals surface area (Å²) in [5.41, 5.74) is 7.27. The summed E-state index contributed by atoms with van der Waals surface area (Å²) in [6.07, 6.45) is 9.58. The Labute approximate surface area is 105 Å². The topological polar surface area (TPSA) is 26.0 Å². The molecule has 0 spiro atoms. The molecular formula is C16H25N. The van der Waals surface area contributed by atoms with Gasteiger partial charge < -0.3 is 5.73 Å². The van der Waals surface area contributed by atoms with Crippen LogP contribution in [-0.4, -0.2) is 6.54 Å². The second-order valence-electron chi connectivity index (χ2n) is 5.43. The Morgan fingerprint density at radius 3 is 2.41 bits per heavy atom. The largest absolute Gasteiger partial charge is 0.330 e. The molecule has 0 amide bonds. The van der Waals surface area contributed by atoms with Crippen LogP contribution in [0.5, 0.6) is 0 Å². The van der Waals surface area contributed by atoms with Crippen LogP contribution in [0.1, 0.15) is 44.1 Å². The Hall–Kier alpha value is -0.820.